The average molecular weight is 350 g/mol. The lowest BCUT2D eigenvalue weighted by Crippen LogP contribution is -2.33. The van der Waals surface area contributed by atoms with Crippen LogP contribution in [0.1, 0.15) is 18.1 Å². The van der Waals surface area contributed by atoms with Gasteiger partial charge in [0.1, 0.15) is 5.82 Å². The average Bonchev–Trinajstić information content (AvgIpc) is 2.59. The Kier molecular flexibility index (Phi) is 6.14. The lowest BCUT2D eigenvalue weighted by Gasteiger charge is -2.12. The molecule has 3 N–H and O–H groups in total. The summed E-state index contributed by atoms with van der Waals surface area (Å²) < 4.78 is 12.8. The minimum Gasteiger partial charge on any atom is -0.381 e. The summed E-state index contributed by atoms with van der Waals surface area (Å²) >= 11 is 6.02. The van der Waals surface area contributed by atoms with E-state index < -0.39 is 6.10 Å². The first-order chi connectivity index (χ1) is 11.5. The smallest absolute Gasteiger partial charge is 0.263 e. The lowest BCUT2D eigenvalue weighted by atomic mass is 10.2. The van der Waals surface area contributed by atoms with Crippen LogP contribution < -0.4 is 11.1 Å². The molecule has 5 nitrogen and oxygen atoms in total. The molecule has 0 saturated carbocycles. The highest BCUT2D eigenvalue weighted by atomic mass is 35.5. The molecule has 2 aromatic carbocycles. The summed E-state index contributed by atoms with van der Waals surface area (Å²) in [5, 5.41) is 6.98. The van der Waals surface area contributed by atoms with Crippen LogP contribution >= 0.6 is 11.6 Å². The van der Waals surface area contributed by atoms with E-state index in [4.69, 9.17) is 22.2 Å². The summed E-state index contributed by atoms with van der Waals surface area (Å²) in [7, 11) is 0. The first-order valence-corrected chi connectivity index (χ1v) is 7.61. The summed E-state index contributed by atoms with van der Waals surface area (Å²) in [6.45, 7) is 1.83. The number of carbonyl (C=O) groups is 1. The summed E-state index contributed by atoms with van der Waals surface area (Å²) in [6.07, 6.45) is -0.841. The van der Waals surface area contributed by atoms with Crippen LogP contribution in [0.5, 0.6) is 0 Å². The van der Waals surface area contributed by atoms with Gasteiger partial charge in [-0.25, -0.2) is 4.39 Å². The molecule has 2 rings (SSSR count). The summed E-state index contributed by atoms with van der Waals surface area (Å²) in [4.78, 5) is 17.1. The largest absolute Gasteiger partial charge is 0.381 e. The normalized spacial score (nSPS) is 12.5. The standard InChI is InChI=1S/C17H17ClFN3O2/c1-11(17(23)21-10-13-4-2-3-5-15(13)18)24-22-16(20)12-6-8-14(19)9-7-12/h2-9,11H,10H2,1H3,(H2,20,22)(H,21,23). The third-order valence-electron chi connectivity index (χ3n) is 3.23. The van der Waals surface area contributed by atoms with Crippen LogP contribution in [0.3, 0.4) is 0 Å². The molecule has 0 heterocycles. The lowest BCUT2D eigenvalue weighted by molar-refractivity contribution is -0.131. The number of nitrogens with one attached hydrogen (secondary N) is 1. The van der Waals surface area contributed by atoms with Gasteiger partial charge in [-0.3, -0.25) is 4.79 Å². The Bertz CT molecular complexity index is 735. The minimum atomic E-state index is -0.841. The van der Waals surface area contributed by atoms with E-state index in [9.17, 15) is 9.18 Å². The number of rotatable bonds is 6. The molecule has 24 heavy (non-hydrogen) atoms. The molecule has 126 valence electrons. The number of halogens is 2. The molecular formula is C17H17ClFN3O2. The summed E-state index contributed by atoms with van der Waals surface area (Å²) in [5.41, 5.74) is 7.03. The van der Waals surface area contributed by atoms with Gasteiger partial charge in [-0.2, -0.15) is 0 Å². The fraction of sp³-hybridized carbons (Fsp3) is 0.176. The van der Waals surface area contributed by atoms with E-state index in [1.54, 1.807) is 13.0 Å². The second kappa shape index (κ2) is 8.31. The first kappa shape index (κ1) is 17.7. The van der Waals surface area contributed by atoms with E-state index in [-0.39, 0.29) is 24.1 Å². The van der Waals surface area contributed by atoms with Crippen molar-refractivity contribution >= 4 is 23.3 Å². The van der Waals surface area contributed by atoms with Crippen molar-refractivity contribution in [3.8, 4) is 0 Å². The molecule has 0 fully saturated rings. The zero-order valence-corrected chi connectivity index (χ0v) is 13.8. The van der Waals surface area contributed by atoms with Gasteiger partial charge in [-0.05, 0) is 42.8 Å². The topological polar surface area (TPSA) is 76.7 Å². The van der Waals surface area contributed by atoms with Crippen molar-refractivity contribution in [2.24, 2.45) is 10.9 Å². The van der Waals surface area contributed by atoms with Crippen LogP contribution in [0, 0.1) is 5.82 Å². The number of nitrogens with zero attached hydrogens (tertiary/aromatic N) is 1. The fourth-order valence-electron chi connectivity index (χ4n) is 1.82. The predicted molar refractivity (Wildman–Crippen MR) is 91.0 cm³/mol. The number of amidine groups is 1. The molecule has 0 aromatic heterocycles. The van der Waals surface area contributed by atoms with Crippen molar-refractivity contribution in [2.75, 3.05) is 0 Å². The van der Waals surface area contributed by atoms with Gasteiger partial charge in [0.05, 0.1) is 0 Å². The van der Waals surface area contributed by atoms with Crippen LogP contribution in [0.4, 0.5) is 4.39 Å². The van der Waals surface area contributed by atoms with Gasteiger partial charge >= 0.3 is 0 Å². The van der Waals surface area contributed by atoms with E-state index in [2.05, 4.69) is 10.5 Å². The third kappa shape index (κ3) is 4.96. The molecule has 0 spiro atoms. The molecule has 0 radical (unpaired) electrons. The second-order valence-electron chi connectivity index (χ2n) is 5.04. The number of carbonyl (C=O) groups excluding carboxylic acids is 1. The van der Waals surface area contributed by atoms with Crippen LogP contribution in [-0.4, -0.2) is 17.8 Å². The van der Waals surface area contributed by atoms with E-state index in [0.29, 0.717) is 10.6 Å². The van der Waals surface area contributed by atoms with Crippen LogP contribution in [0.2, 0.25) is 5.02 Å². The summed E-state index contributed by atoms with van der Waals surface area (Å²) in [6, 6.07) is 12.7. The maximum Gasteiger partial charge on any atom is 0.263 e. The van der Waals surface area contributed by atoms with Gasteiger partial charge in [0, 0.05) is 17.1 Å². The molecule has 7 heteroatoms. The molecule has 0 aliphatic carbocycles. The first-order valence-electron chi connectivity index (χ1n) is 7.23. The van der Waals surface area contributed by atoms with Crippen molar-refractivity contribution in [1.29, 1.82) is 0 Å². The monoisotopic (exact) mass is 349 g/mol. The van der Waals surface area contributed by atoms with Gasteiger partial charge in [-0.15, -0.1) is 0 Å². The number of amides is 1. The molecular weight excluding hydrogens is 333 g/mol. The van der Waals surface area contributed by atoms with E-state index in [1.807, 2.05) is 18.2 Å². The highest BCUT2D eigenvalue weighted by molar-refractivity contribution is 6.31. The Hall–Kier alpha value is -2.60. The Labute approximate surface area is 144 Å². The van der Waals surface area contributed by atoms with Gasteiger partial charge in [0.15, 0.2) is 5.84 Å². The molecule has 1 unspecified atom stereocenters. The van der Waals surface area contributed by atoms with Crippen molar-refractivity contribution in [3.63, 3.8) is 0 Å². The van der Waals surface area contributed by atoms with Crippen LogP contribution in [-0.2, 0) is 16.2 Å². The van der Waals surface area contributed by atoms with Gasteiger partial charge in [0.25, 0.3) is 5.91 Å². The third-order valence-corrected chi connectivity index (χ3v) is 3.60. The molecule has 0 aliphatic heterocycles. The van der Waals surface area contributed by atoms with Crippen LogP contribution in [0.15, 0.2) is 53.7 Å². The zero-order valence-electron chi connectivity index (χ0n) is 13.0. The second-order valence-corrected chi connectivity index (χ2v) is 5.45. The van der Waals surface area contributed by atoms with Crippen LogP contribution in [0.25, 0.3) is 0 Å². The Morgan fingerprint density at radius 3 is 2.62 bits per heavy atom. The number of nitrogens with two attached hydrogens (primary N) is 1. The number of hydrogen-bond acceptors (Lipinski definition) is 3. The predicted octanol–water partition coefficient (Wildman–Crippen LogP) is 2.82. The van der Waals surface area contributed by atoms with Crippen molar-refractivity contribution in [2.45, 2.75) is 19.6 Å². The van der Waals surface area contributed by atoms with Gasteiger partial charge < -0.3 is 15.9 Å². The van der Waals surface area contributed by atoms with E-state index in [1.165, 1.54) is 24.3 Å². The Balaban J connectivity index is 1.88. The SMILES string of the molecule is CC(O/N=C(\N)c1ccc(F)cc1)C(=O)NCc1ccccc1Cl. The number of hydrogen-bond donors (Lipinski definition) is 2. The molecule has 0 saturated heterocycles. The van der Waals surface area contributed by atoms with E-state index >= 15 is 0 Å². The molecule has 1 atom stereocenters. The fourth-order valence-corrected chi connectivity index (χ4v) is 2.03. The highest BCUT2D eigenvalue weighted by Crippen LogP contribution is 2.14. The Morgan fingerprint density at radius 2 is 1.96 bits per heavy atom. The Morgan fingerprint density at radius 1 is 1.29 bits per heavy atom. The zero-order chi connectivity index (χ0) is 17.5. The molecule has 2 aromatic rings. The summed E-state index contributed by atoms with van der Waals surface area (Å²) in [5.74, 6) is -0.675. The maximum atomic E-state index is 12.8. The minimum absolute atomic E-state index is 0.0563. The molecule has 1 amide bonds. The van der Waals surface area contributed by atoms with Crippen molar-refractivity contribution in [3.05, 3.63) is 70.5 Å². The highest BCUT2D eigenvalue weighted by Gasteiger charge is 2.14. The van der Waals surface area contributed by atoms with Gasteiger partial charge in [0.2, 0.25) is 6.10 Å². The van der Waals surface area contributed by atoms with Crippen molar-refractivity contribution < 1.29 is 14.0 Å². The maximum absolute atomic E-state index is 12.8. The quantitative estimate of drug-likeness (QED) is 0.478. The van der Waals surface area contributed by atoms with Crippen molar-refractivity contribution in [1.82, 2.24) is 5.32 Å². The molecule has 0 bridgehead atoms. The number of benzene rings is 2. The van der Waals surface area contributed by atoms with E-state index in [0.717, 1.165) is 5.56 Å². The molecule has 0 aliphatic rings. The number of oxime groups is 1. The van der Waals surface area contributed by atoms with Gasteiger partial charge in [-0.1, -0.05) is 35.0 Å².